The number of rotatable bonds is 9. The quantitative estimate of drug-likeness (QED) is 0.258. The lowest BCUT2D eigenvalue weighted by Crippen LogP contribution is -2.18. The highest BCUT2D eigenvalue weighted by molar-refractivity contribution is 9.10. The molecule has 0 fully saturated rings. The van der Waals surface area contributed by atoms with Gasteiger partial charge in [0.1, 0.15) is 5.00 Å². The molecule has 34 heavy (non-hydrogen) atoms. The van der Waals surface area contributed by atoms with E-state index in [1.165, 1.54) is 28.0 Å². The highest BCUT2D eigenvalue weighted by atomic mass is 79.9. The summed E-state index contributed by atoms with van der Waals surface area (Å²) in [6, 6.07) is 3.64. The average molecular weight is 568 g/mol. The molecule has 1 aliphatic rings. The smallest absolute Gasteiger partial charge is 0.341 e. The number of carbonyl (C=O) groups is 2. The van der Waals surface area contributed by atoms with E-state index in [9.17, 15) is 9.59 Å². The number of nitrogens with one attached hydrogen (secondary N) is 1. The van der Waals surface area contributed by atoms with Crippen molar-refractivity contribution in [2.75, 3.05) is 17.7 Å². The Morgan fingerprint density at radius 2 is 2.18 bits per heavy atom. The monoisotopic (exact) mass is 566 g/mol. The third-order valence-electron chi connectivity index (χ3n) is 5.53. The third-order valence-corrected chi connectivity index (χ3v) is 8.10. The summed E-state index contributed by atoms with van der Waals surface area (Å²) in [5.41, 5.74) is 1.55. The van der Waals surface area contributed by atoms with Crippen LogP contribution in [0.2, 0.25) is 0 Å². The fraction of sp³-hybridized carbons (Fsp3) is 0.478. The van der Waals surface area contributed by atoms with Gasteiger partial charge in [-0.25, -0.2) is 4.79 Å². The number of halogens is 1. The Morgan fingerprint density at radius 1 is 1.35 bits per heavy atom. The van der Waals surface area contributed by atoms with E-state index in [4.69, 9.17) is 9.15 Å². The van der Waals surface area contributed by atoms with Crippen molar-refractivity contribution < 1.29 is 18.7 Å². The molecule has 3 aromatic rings. The van der Waals surface area contributed by atoms with Gasteiger partial charge in [-0.3, -0.25) is 9.36 Å². The maximum Gasteiger partial charge on any atom is 0.341 e. The molecule has 1 aliphatic carbocycles. The number of fused-ring (bicyclic) bond motifs is 1. The van der Waals surface area contributed by atoms with Gasteiger partial charge in [-0.15, -0.1) is 21.5 Å². The third kappa shape index (κ3) is 5.41. The van der Waals surface area contributed by atoms with Crippen LogP contribution in [0.1, 0.15) is 54.4 Å². The zero-order chi connectivity index (χ0) is 24.2. The van der Waals surface area contributed by atoms with Gasteiger partial charge in [-0.05, 0) is 72.2 Å². The summed E-state index contributed by atoms with van der Waals surface area (Å²) in [4.78, 5) is 26.7. The summed E-state index contributed by atoms with van der Waals surface area (Å²) >= 11 is 6.12. The average Bonchev–Trinajstić information content (AvgIpc) is 3.49. The molecule has 1 unspecified atom stereocenters. The predicted octanol–water partition coefficient (Wildman–Crippen LogP) is 5.80. The number of anilines is 1. The molecular formula is C23H27BrN4O4S2. The number of furan rings is 1. The molecule has 0 spiro atoms. The number of aromatic nitrogens is 3. The molecule has 0 aliphatic heterocycles. The first kappa shape index (κ1) is 25.0. The Balaban J connectivity index is 1.50. The first-order valence-corrected chi connectivity index (χ1v) is 13.9. The fourth-order valence-corrected chi connectivity index (χ4v) is 6.47. The highest BCUT2D eigenvalue weighted by Gasteiger charge is 2.29. The van der Waals surface area contributed by atoms with Gasteiger partial charge in [0.15, 0.2) is 15.6 Å². The van der Waals surface area contributed by atoms with Gasteiger partial charge in [0, 0.05) is 11.4 Å². The second-order valence-corrected chi connectivity index (χ2v) is 11.0. The molecule has 3 aromatic heterocycles. The number of hydrogen-bond donors (Lipinski definition) is 1. The van der Waals surface area contributed by atoms with E-state index in [-0.39, 0.29) is 17.6 Å². The highest BCUT2D eigenvalue weighted by Crippen LogP contribution is 2.40. The maximum atomic E-state index is 12.9. The van der Waals surface area contributed by atoms with E-state index < -0.39 is 0 Å². The summed E-state index contributed by atoms with van der Waals surface area (Å²) in [5.74, 6) is 1.38. The number of nitrogens with zero attached hydrogens (tertiary/aromatic N) is 3. The van der Waals surface area contributed by atoms with Gasteiger partial charge in [0.25, 0.3) is 0 Å². The van der Waals surface area contributed by atoms with Crippen molar-refractivity contribution in [2.24, 2.45) is 5.92 Å². The molecule has 0 saturated carbocycles. The van der Waals surface area contributed by atoms with Crippen LogP contribution in [0.25, 0.3) is 11.6 Å². The Kier molecular flexibility index (Phi) is 8.15. The molecule has 4 rings (SSSR count). The lowest BCUT2D eigenvalue weighted by Gasteiger charge is -2.18. The van der Waals surface area contributed by atoms with Crippen LogP contribution in [0.15, 0.2) is 26.4 Å². The first-order valence-electron chi connectivity index (χ1n) is 11.3. The van der Waals surface area contributed by atoms with Crippen LogP contribution >= 0.6 is 39.0 Å². The van der Waals surface area contributed by atoms with E-state index >= 15 is 0 Å². The molecule has 3 heterocycles. The van der Waals surface area contributed by atoms with Gasteiger partial charge in [-0.1, -0.05) is 25.6 Å². The summed E-state index contributed by atoms with van der Waals surface area (Å²) in [7, 11) is 0. The van der Waals surface area contributed by atoms with Crippen LogP contribution in [0.5, 0.6) is 0 Å². The van der Waals surface area contributed by atoms with Crippen molar-refractivity contribution in [1.29, 1.82) is 0 Å². The lowest BCUT2D eigenvalue weighted by atomic mass is 9.88. The number of thiophene rings is 1. The molecule has 1 amide bonds. The van der Waals surface area contributed by atoms with Crippen LogP contribution in [-0.2, 0) is 28.9 Å². The standard InChI is InChI=1S/C23H27BrN4O4S2/c1-4-10-28-20(15-8-9-17(24)32-15)26-27-23(28)33-12-18(29)25-21-19(22(30)31-5-2)14-7-6-13(3)11-16(14)34-21/h8-9,13H,4-7,10-12H2,1-3H3,(H,25,29). The first-order chi connectivity index (χ1) is 16.4. The molecule has 0 saturated heterocycles. The van der Waals surface area contributed by atoms with Crippen molar-refractivity contribution >= 4 is 55.9 Å². The van der Waals surface area contributed by atoms with Crippen LogP contribution in [0.3, 0.4) is 0 Å². The van der Waals surface area contributed by atoms with Crippen LogP contribution < -0.4 is 5.32 Å². The summed E-state index contributed by atoms with van der Waals surface area (Å²) in [6.45, 7) is 7.07. The second-order valence-electron chi connectivity index (χ2n) is 8.17. The van der Waals surface area contributed by atoms with Gasteiger partial charge in [0.2, 0.25) is 11.7 Å². The predicted molar refractivity (Wildman–Crippen MR) is 137 cm³/mol. The Hall–Kier alpha value is -2.11. The van der Waals surface area contributed by atoms with Crippen molar-refractivity contribution in [3.8, 4) is 11.6 Å². The van der Waals surface area contributed by atoms with Gasteiger partial charge in [0.05, 0.1) is 17.9 Å². The SMILES string of the molecule is CCCn1c(SCC(=O)Nc2sc3c(c2C(=O)OCC)CCC(C)C3)nnc1-c1ccc(Br)o1. The topological polar surface area (TPSA) is 99.2 Å². The maximum absolute atomic E-state index is 12.9. The molecule has 1 N–H and O–H groups in total. The number of ether oxygens (including phenoxy) is 1. The molecule has 182 valence electrons. The largest absolute Gasteiger partial charge is 0.462 e. The molecule has 11 heteroatoms. The Morgan fingerprint density at radius 3 is 2.88 bits per heavy atom. The number of carbonyl (C=O) groups excluding carboxylic acids is 2. The normalized spacial score (nSPS) is 15.2. The molecule has 0 aromatic carbocycles. The second kappa shape index (κ2) is 11.1. The van der Waals surface area contributed by atoms with Gasteiger partial charge < -0.3 is 14.5 Å². The van der Waals surface area contributed by atoms with Crippen molar-refractivity contribution in [3.63, 3.8) is 0 Å². The zero-order valence-corrected chi connectivity index (χ0v) is 22.6. The summed E-state index contributed by atoms with van der Waals surface area (Å²) in [5, 5.41) is 12.7. The van der Waals surface area contributed by atoms with Crippen molar-refractivity contribution in [1.82, 2.24) is 14.8 Å². The summed E-state index contributed by atoms with van der Waals surface area (Å²) in [6.07, 6.45) is 3.66. The minimum absolute atomic E-state index is 0.144. The van der Waals surface area contributed by atoms with Crippen LogP contribution in [0.4, 0.5) is 5.00 Å². The minimum Gasteiger partial charge on any atom is -0.462 e. The number of esters is 1. The molecule has 8 nitrogen and oxygen atoms in total. The van der Waals surface area contributed by atoms with E-state index in [0.717, 1.165) is 31.2 Å². The van der Waals surface area contributed by atoms with E-state index in [0.29, 0.717) is 51.0 Å². The fourth-order valence-electron chi connectivity index (χ4n) is 3.99. The number of thioether (sulfide) groups is 1. The number of hydrogen-bond acceptors (Lipinski definition) is 8. The zero-order valence-electron chi connectivity index (χ0n) is 19.4. The van der Waals surface area contributed by atoms with E-state index in [1.54, 1.807) is 6.92 Å². The lowest BCUT2D eigenvalue weighted by molar-refractivity contribution is -0.113. The van der Waals surface area contributed by atoms with Gasteiger partial charge >= 0.3 is 5.97 Å². The van der Waals surface area contributed by atoms with Crippen LogP contribution in [-0.4, -0.2) is 39.0 Å². The van der Waals surface area contributed by atoms with E-state index in [2.05, 4.69) is 45.3 Å². The van der Waals surface area contributed by atoms with Crippen molar-refractivity contribution in [2.45, 2.75) is 58.2 Å². The molecule has 0 bridgehead atoms. The van der Waals surface area contributed by atoms with Crippen molar-refractivity contribution in [3.05, 3.63) is 32.8 Å². The Bertz CT molecular complexity index is 1190. The molecular weight excluding hydrogens is 540 g/mol. The summed E-state index contributed by atoms with van der Waals surface area (Å²) < 4.78 is 13.5. The minimum atomic E-state index is -0.366. The Labute approximate surface area is 215 Å². The van der Waals surface area contributed by atoms with E-state index in [1.807, 2.05) is 16.7 Å². The van der Waals surface area contributed by atoms with Gasteiger partial charge in [-0.2, -0.15) is 0 Å². The number of amides is 1. The molecule has 0 radical (unpaired) electrons. The van der Waals surface area contributed by atoms with Crippen LogP contribution in [0, 0.1) is 5.92 Å². The molecule has 1 atom stereocenters.